The lowest BCUT2D eigenvalue weighted by Gasteiger charge is -2.20. The van der Waals surface area contributed by atoms with Crippen LogP contribution >= 0.6 is 0 Å². The zero-order valence-corrected chi connectivity index (χ0v) is 6.77. The van der Waals surface area contributed by atoms with Crippen LogP contribution in [0.5, 0.6) is 0 Å². The van der Waals surface area contributed by atoms with Crippen molar-refractivity contribution < 1.29 is 5.11 Å². The molecule has 0 spiro atoms. The van der Waals surface area contributed by atoms with Crippen molar-refractivity contribution in [2.24, 2.45) is 17.8 Å². The Balaban J connectivity index is 2.12. The summed E-state index contributed by atoms with van der Waals surface area (Å²) in [6.45, 7) is 1.88. The van der Waals surface area contributed by atoms with Gasteiger partial charge in [-0.15, -0.1) is 0 Å². The molecule has 0 saturated carbocycles. The largest absolute Gasteiger partial charge is 0.393 e. The van der Waals surface area contributed by atoms with E-state index in [1.807, 2.05) is 6.92 Å². The Morgan fingerprint density at radius 2 is 2.18 bits per heavy atom. The first-order chi connectivity index (χ1) is 5.29. The molecule has 0 bridgehead atoms. The predicted molar refractivity (Wildman–Crippen MR) is 45.0 cm³/mol. The fourth-order valence-electron chi connectivity index (χ4n) is 2.23. The summed E-state index contributed by atoms with van der Waals surface area (Å²) in [6.07, 6.45) is 9.85. The van der Waals surface area contributed by atoms with Gasteiger partial charge in [-0.1, -0.05) is 24.3 Å². The maximum absolute atomic E-state index is 9.42. The Kier molecular flexibility index (Phi) is 1.61. The van der Waals surface area contributed by atoms with E-state index >= 15 is 0 Å². The van der Waals surface area contributed by atoms with E-state index in [9.17, 15) is 5.11 Å². The lowest BCUT2D eigenvalue weighted by molar-refractivity contribution is 0.118. The minimum absolute atomic E-state index is 0.179. The molecule has 4 atom stereocenters. The normalized spacial score (nSPS) is 42.9. The highest BCUT2D eigenvalue weighted by atomic mass is 16.3. The monoisotopic (exact) mass is 150 g/mol. The average molecular weight is 150 g/mol. The molecular weight excluding hydrogens is 136 g/mol. The number of hydrogen-bond acceptors (Lipinski definition) is 1. The number of aliphatic hydroxyl groups excluding tert-OH is 1. The summed E-state index contributed by atoms with van der Waals surface area (Å²) in [4.78, 5) is 0. The molecule has 1 heteroatoms. The first kappa shape index (κ1) is 7.11. The molecule has 11 heavy (non-hydrogen) atoms. The summed E-state index contributed by atoms with van der Waals surface area (Å²) in [6, 6.07) is 0. The van der Waals surface area contributed by atoms with Gasteiger partial charge in [-0.3, -0.25) is 0 Å². The van der Waals surface area contributed by atoms with Crippen LogP contribution in [0.2, 0.25) is 0 Å². The van der Waals surface area contributed by atoms with E-state index in [0.29, 0.717) is 17.8 Å². The van der Waals surface area contributed by atoms with Crippen LogP contribution in [0.3, 0.4) is 0 Å². The zero-order chi connectivity index (χ0) is 7.84. The molecule has 0 aromatic carbocycles. The van der Waals surface area contributed by atoms with Crippen molar-refractivity contribution >= 4 is 0 Å². The highest BCUT2D eigenvalue weighted by molar-refractivity contribution is 5.19. The predicted octanol–water partition coefficient (Wildman–Crippen LogP) is 1.75. The molecule has 0 aromatic heterocycles. The molecule has 0 fully saturated rings. The third kappa shape index (κ3) is 1.04. The number of fused-ring (bicyclic) bond motifs is 1. The van der Waals surface area contributed by atoms with Crippen molar-refractivity contribution in [1.29, 1.82) is 0 Å². The van der Waals surface area contributed by atoms with E-state index in [1.165, 1.54) is 0 Å². The van der Waals surface area contributed by atoms with Crippen molar-refractivity contribution in [3.63, 3.8) is 0 Å². The van der Waals surface area contributed by atoms with Gasteiger partial charge in [0, 0.05) is 5.92 Å². The van der Waals surface area contributed by atoms with Gasteiger partial charge in [0.1, 0.15) is 0 Å². The van der Waals surface area contributed by atoms with Crippen LogP contribution in [0.4, 0.5) is 0 Å². The quantitative estimate of drug-likeness (QED) is 0.564. The SMILES string of the molecule is C[C@@H](O)[C@H]1C=C[C@@H]2C=CC[C@@H]21. The van der Waals surface area contributed by atoms with E-state index in [0.717, 1.165) is 6.42 Å². The number of aliphatic hydroxyl groups is 1. The van der Waals surface area contributed by atoms with Crippen molar-refractivity contribution in [2.75, 3.05) is 0 Å². The molecule has 2 aliphatic carbocycles. The van der Waals surface area contributed by atoms with E-state index in [2.05, 4.69) is 24.3 Å². The van der Waals surface area contributed by atoms with Gasteiger partial charge in [-0.2, -0.15) is 0 Å². The number of rotatable bonds is 1. The van der Waals surface area contributed by atoms with Gasteiger partial charge in [0.15, 0.2) is 0 Å². The van der Waals surface area contributed by atoms with Crippen LogP contribution in [0.25, 0.3) is 0 Å². The van der Waals surface area contributed by atoms with Crippen molar-refractivity contribution in [2.45, 2.75) is 19.4 Å². The van der Waals surface area contributed by atoms with Gasteiger partial charge < -0.3 is 5.11 Å². The fourth-order valence-corrected chi connectivity index (χ4v) is 2.23. The van der Waals surface area contributed by atoms with Crippen molar-refractivity contribution in [3.05, 3.63) is 24.3 Å². The average Bonchev–Trinajstić information content (AvgIpc) is 2.41. The molecule has 2 aliphatic rings. The van der Waals surface area contributed by atoms with Gasteiger partial charge in [0.05, 0.1) is 6.10 Å². The lowest BCUT2D eigenvalue weighted by Crippen LogP contribution is -2.21. The molecule has 1 N–H and O–H groups in total. The number of hydrogen-bond donors (Lipinski definition) is 1. The zero-order valence-electron chi connectivity index (χ0n) is 6.77. The lowest BCUT2D eigenvalue weighted by atomic mass is 9.87. The highest BCUT2D eigenvalue weighted by Crippen LogP contribution is 2.40. The molecule has 0 aromatic rings. The summed E-state index contributed by atoms with van der Waals surface area (Å²) in [5.74, 6) is 1.68. The second kappa shape index (κ2) is 2.49. The second-order valence-corrected chi connectivity index (χ2v) is 3.61. The summed E-state index contributed by atoms with van der Waals surface area (Å²) < 4.78 is 0. The smallest absolute Gasteiger partial charge is 0.0577 e. The summed E-state index contributed by atoms with van der Waals surface area (Å²) in [5, 5.41) is 9.42. The van der Waals surface area contributed by atoms with Crippen LogP contribution in [-0.2, 0) is 0 Å². The van der Waals surface area contributed by atoms with Crippen LogP contribution in [0, 0.1) is 17.8 Å². The van der Waals surface area contributed by atoms with Gasteiger partial charge in [0.25, 0.3) is 0 Å². The van der Waals surface area contributed by atoms with Gasteiger partial charge >= 0.3 is 0 Å². The summed E-state index contributed by atoms with van der Waals surface area (Å²) in [5.41, 5.74) is 0. The van der Waals surface area contributed by atoms with Gasteiger partial charge in [-0.25, -0.2) is 0 Å². The molecular formula is C10H14O. The van der Waals surface area contributed by atoms with Crippen LogP contribution in [0.15, 0.2) is 24.3 Å². The standard InChI is InChI=1S/C10H14O/c1-7(11)9-6-5-8-3-2-4-10(8)9/h2-3,5-11H,4H2,1H3/t7-,8+,9-,10+/m1/s1. The Morgan fingerprint density at radius 1 is 1.36 bits per heavy atom. The van der Waals surface area contributed by atoms with Crippen LogP contribution < -0.4 is 0 Å². The van der Waals surface area contributed by atoms with E-state index in [-0.39, 0.29) is 6.10 Å². The Labute approximate surface area is 67.4 Å². The molecule has 0 heterocycles. The molecule has 0 saturated heterocycles. The molecule has 0 unspecified atom stereocenters. The van der Waals surface area contributed by atoms with Gasteiger partial charge in [-0.05, 0) is 25.2 Å². The van der Waals surface area contributed by atoms with E-state index in [1.54, 1.807) is 0 Å². The van der Waals surface area contributed by atoms with E-state index < -0.39 is 0 Å². The topological polar surface area (TPSA) is 20.2 Å². The molecule has 1 nitrogen and oxygen atoms in total. The first-order valence-corrected chi connectivity index (χ1v) is 4.32. The molecule has 60 valence electrons. The van der Waals surface area contributed by atoms with E-state index in [4.69, 9.17) is 0 Å². The summed E-state index contributed by atoms with van der Waals surface area (Å²) in [7, 11) is 0. The van der Waals surface area contributed by atoms with Crippen molar-refractivity contribution in [1.82, 2.24) is 0 Å². The molecule has 0 amide bonds. The third-order valence-electron chi connectivity index (χ3n) is 2.87. The Morgan fingerprint density at radius 3 is 2.91 bits per heavy atom. The third-order valence-corrected chi connectivity index (χ3v) is 2.87. The minimum atomic E-state index is -0.179. The Bertz CT molecular complexity index is 203. The molecule has 0 radical (unpaired) electrons. The van der Waals surface area contributed by atoms with Crippen LogP contribution in [0.1, 0.15) is 13.3 Å². The van der Waals surface area contributed by atoms with Crippen molar-refractivity contribution in [3.8, 4) is 0 Å². The number of allylic oxidation sites excluding steroid dienone is 3. The summed E-state index contributed by atoms with van der Waals surface area (Å²) >= 11 is 0. The van der Waals surface area contributed by atoms with Gasteiger partial charge in [0.2, 0.25) is 0 Å². The Hall–Kier alpha value is -0.560. The maximum atomic E-state index is 9.42. The van der Waals surface area contributed by atoms with Crippen LogP contribution in [-0.4, -0.2) is 11.2 Å². The second-order valence-electron chi connectivity index (χ2n) is 3.61. The highest BCUT2D eigenvalue weighted by Gasteiger charge is 2.34. The molecule has 2 rings (SSSR count). The minimum Gasteiger partial charge on any atom is -0.393 e. The molecule has 0 aliphatic heterocycles. The fraction of sp³-hybridized carbons (Fsp3) is 0.600. The first-order valence-electron chi connectivity index (χ1n) is 4.32. The maximum Gasteiger partial charge on any atom is 0.0577 e.